The van der Waals surface area contributed by atoms with E-state index in [2.05, 4.69) is 4.99 Å². The van der Waals surface area contributed by atoms with E-state index in [0.717, 1.165) is 16.9 Å². The quantitative estimate of drug-likeness (QED) is 0.307. The number of para-hydroxylation sites is 1. The predicted octanol–water partition coefficient (Wildman–Crippen LogP) is 4.38. The Morgan fingerprint density at radius 2 is 1.74 bits per heavy atom. The number of aromatic nitrogens is 1. The number of nitrogens with zero attached hydrogens (tertiary/aromatic N) is 3. The minimum absolute atomic E-state index is 0.175. The van der Waals surface area contributed by atoms with E-state index in [0.29, 0.717) is 50.2 Å². The van der Waals surface area contributed by atoms with Gasteiger partial charge in [-0.25, -0.2) is 9.79 Å². The number of ether oxygens (including phenoxy) is 2. The van der Waals surface area contributed by atoms with Crippen LogP contribution in [0.1, 0.15) is 36.6 Å². The van der Waals surface area contributed by atoms with E-state index >= 15 is 0 Å². The lowest BCUT2D eigenvalue weighted by atomic mass is 9.96. The van der Waals surface area contributed by atoms with Gasteiger partial charge in [0.2, 0.25) is 0 Å². The van der Waals surface area contributed by atoms with Crippen LogP contribution in [0.25, 0.3) is 5.57 Å². The highest BCUT2D eigenvalue weighted by molar-refractivity contribution is 7.07. The van der Waals surface area contributed by atoms with Gasteiger partial charge in [0.1, 0.15) is 10.3 Å². The summed E-state index contributed by atoms with van der Waals surface area (Å²) in [5, 5.41) is 0.609. The molecule has 42 heavy (non-hydrogen) atoms. The van der Waals surface area contributed by atoms with Crippen molar-refractivity contribution in [3.63, 3.8) is 0 Å². The summed E-state index contributed by atoms with van der Waals surface area (Å²) in [6.45, 7) is 3.95. The number of carbonyl (C=O) groups is 2. The second-order valence-electron chi connectivity index (χ2n) is 9.81. The molecule has 1 amide bonds. The van der Waals surface area contributed by atoms with Crippen molar-refractivity contribution in [3.8, 4) is 5.75 Å². The summed E-state index contributed by atoms with van der Waals surface area (Å²) in [5.74, 6) is -0.187. The number of benzene rings is 3. The molecule has 0 spiro atoms. The Morgan fingerprint density at radius 1 is 1.02 bits per heavy atom. The molecule has 0 radical (unpaired) electrons. The summed E-state index contributed by atoms with van der Waals surface area (Å²) in [6.07, 6.45) is 0. The largest absolute Gasteiger partial charge is 0.497 e. The lowest BCUT2D eigenvalue weighted by Crippen LogP contribution is -2.41. The first-order valence-corrected chi connectivity index (χ1v) is 14.5. The molecule has 0 bridgehead atoms. The van der Waals surface area contributed by atoms with Crippen molar-refractivity contribution in [1.82, 2.24) is 4.57 Å². The average Bonchev–Trinajstić information content (AvgIpc) is 3.45. The average molecular weight is 600 g/mol. The summed E-state index contributed by atoms with van der Waals surface area (Å²) in [6, 6.07) is 21.1. The molecule has 3 aromatic carbocycles. The second kappa shape index (κ2) is 11.1. The van der Waals surface area contributed by atoms with Crippen LogP contribution in [-0.4, -0.2) is 30.2 Å². The number of hydrogen-bond donors (Lipinski definition) is 0. The van der Waals surface area contributed by atoms with Gasteiger partial charge in [-0.3, -0.25) is 14.2 Å². The number of amides is 1. The number of thiazole rings is 1. The highest BCUT2D eigenvalue weighted by atomic mass is 35.5. The van der Waals surface area contributed by atoms with Gasteiger partial charge in [-0.2, -0.15) is 0 Å². The fourth-order valence-electron chi connectivity index (χ4n) is 5.37. The van der Waals surface area contributed by atoms with E-state index in [1.807, 2.05) is 48.5 Å². The van der Waals surface area contributed by atoms with Crippen LogP contribution in [0.2, 0.25) is 5.02 Å². The van der Waals surface area contributed by atoms with Crippen molar-refractivity contribution in [2.24, 2.45) is 4.99 Å². The first kappa shape index (κ1) is 27.7. The molecule has 6 rings (SSSR count). The molecule has 4 aromatic rings. The first-order valence-electron chi connectivity index (χ1n) is 13.3. The van der Waals surface area contributed by atoms with E-state index in [4.69, 9.17) is 21.1 Å². The SMILES string of the molecule is CCOC(=O)C1=C(C)N=c2s/c(=C3\C(=O)N(Cc4ccc(Cl)cc4)c4ccccc43)c(=O)n2[C@H]1c1ccc(OC)cc1. The van der Waals surface area contributed by atoms with Crippen LogP contribution in [0.4, 0.5) is 5.69 Å². The molecule has 2 aliphatic heterocycles. The molecule has 0 saturated heterocycles. The van der Waals surface area contributed by atoms with Crippen molar-refractivity contribution in [3.05, 3.63) is 125 Å². The van der Waals surface area contributed by atoms with Gasteiger partial charge in [0.05, 0.1) is 48.8 Å². The second-order valence-corrected chi connectivity index (χ2v) is 11.2. The Morgan fingerprint density at radius 3 is 2.43 bits per heavy atom. The molecular formula is C32H26ClN3O5S. The summed E-state index contributed by atoms with van der Waals surface area (Å²) in [7, 11) is 1.57. The molecule has 0 unspecified atom stereocenters. The maximum absolute atomic E-state index is 14.3. The Bertz CT molecular complexity index is 1940. The molecule has 0 N–H and O–H groups in total. The highest BCUT2D eigenvalue weighted by Gasteiger charge is 2.37. The zero-order valence-electron chi connectivity index (χ0n) is 23.1. The van der Waals surface area contributed by atoms with Crippen molar-refractivity contribution in [1.29, 1.82) is 0 Å². The van der Waals surface area contributed by atoms with Gasteiger partial charge < -0.3 is 14.4 Å². The third-order valence-electron chi connectivity index (χ3n) is 7.33. The summed E-state index contributed by atoms with van der Waals surface area (Å²) in [5.41, 5.74) is 3.61. The zero-order valence-corrected chi connectivity index (χ0v) is 24.7. The Balaban J connectivity index is 1.56. The van der Waals surface area contributed by atoms with E-state index in [9.17, 15) is 14.4 Å². The minimum Gasteiger partial charge on any atom is -0.497 e. The number of carbonyl (C=O) groups excluding carboxylic acids is 2. The van der Waals surface area contributed by atoms with Crippen LogP contribution in [-0.2, 0) is 20.9 Å². The van der Waals surface area contributed by atoms with Gasteiger partial charge in [0.25, 0.3) is 11.5 Å². The van der Waals surface area contributed by atoms with Gasteiger partial charge in [-0.1, -0.05) is 65.4 Å². The third kappa shape index (κ3) is 4.64. The smallest absolute Gasteiger partial charge is 0.338 e. The molecule has 0 aliphatic carbocycles. The van der Waals surface area contributed by atoms with Crippen LogP contribution in [0.15, 0.2) is 93.9 Å². The topological polar surface area (TPSA) is 90.2 Å². The third-order valence-corrected chi connectivity index (χ3v) is 8.63. The maximum Gasteiger partial charge on any atom is 0.338 e. The lowest BCUT2D eigenvalue weighted by Gasteiger charge is -2.24. The monoisotopic (exact) mass is 599 g/mol. The van der Waals surface area contributed by atoms with Crippen LogP contribution in [0.3, 0.4) is 0 Å². The summed E-state index contributed by atoms with van der Waals surface area (Å²) >= 11 is 7.21. The minimum atomic E-state index is -0.794. The molecule has 0 saturated carbocycles. The normalized spacial score (nSPS) is 17.1. The van der Waals surface area contributed by atoms with Gasteiger partial charge in [-0.15, -0.1) is 0 Å². The summed E-state index contributed by atoms with van der Waals surface area (Å²) in [4.78, 5) is 48.3. The molecule has 2 aliphatic rings. The van der Waals surface area contributed by atoms with Crippen molar-refractivity contribution in [2.75, 3.05) is 18.6 Å². The van der Waals surface area contributed by atoms with Crippen molar-refractivity contribution >= 4 is 46.1 Å². The van der Waals surface area contributed by atoms with E-state index in [-0.39, 0.29) is 22.6 Å². The first-order chi connectivity index (χ1) is 20.3. The molecule has 1 aromatic heterocycles. The van der Waals surface area contributed by atoms with Gasteiger partial charge in [0, 0.05) is 10.6 Å². The molecule has 212 valence electrons. The van der Waals surface area contributed by atoms with E-state index in [1.54, 1.807) is 50.1 Å². The van der Waals surface area contributed by atoms with E-state index < -0.39 is 17.6 Å². The molecule has 10 heteroatoms. The Kier molecular flexibility index (Phi) is 7.30. The van der Waals surface area contributed by atoms with Crippen molar-refractivity contribution < 1.29 is 19.1 Å². The summed E-state index contributed by atoms with van der Waals surface area (Å²) < 4.78 is 12.5. The lowest BCUT2D eigenvalue weighted by molar-refractivity contribution is -0.139. The van der Waals surface area contributed by atoms with Crippen LogP contribution >= 0.6 is 22.9 Å². The number of allylic oxidation sites excluding steroid dienone is 1. The van der Waals surface area contributed by atoms with Gasteiger partial charge in [0.15, 0.2) is 4.80 Å². The Hall–Kier alpha value is -4.47. The van der Waals surface area contributed by atoms with Gasteiger partial charge >= 0.3 is 5.97 Å². The zero-order chi connectivity index (χ0) is 29.5. The fraction of sp³-hybridized carbons (Fsp3) is 0.188. The molecule has 3 heterocycles. The molecule has 8 nitrogen and oxygen atoms in total. The molecule has 1 atom stereocenters. The molecular weight excluding hydrogens is 574 g/mol. The number of hydrogen-bond acceptors (Lipinski definition) is 7. The fourth-order valence-corrected chi connectivity index (χ4v) is 6.64. The van der Waals surface area contributed by atoms with E-state index in [1.165, 1.54) is 4.57 Å². The number of methoxy groups -OCH3 is 1. The number of fused-ring (bicyclic) bond motifs is 2. The standard InChI is InChI=1S/C32H26ClN3O5S/c1-4-41-31(39)25-18(2)34-32-36(27(25)20-11-15-22(40-3)16-12-20)30(38)28(42-32)26-23-7-5-6-8-24(23)35(29(26)37)17-19-9-13-21(33)14-10-19/h5-16,27H,4,17H2,1-3H3/b28-26-/t27-/m0/s1. The highest BCUT2D eigenvalue weighted by Crippen LogP contribution is 2.37. The van der Waals surface area contributed by atoms with Gasteiger partial charge in [-0.05, 0) is 55.3 Å². The number of esters is 1. The van der Waals surface area contributed by atoms with Crippen LogP contribution < -0.4 is 24.5 Å². The van der Waals surface area contributed by atoms with Crippen LogP contribution in [0, 0.1) is 0 Å². The predicted molar refractivity (Wildman–Crippen MR) is 161 cm³/mol. The molecule has 0 fully saturated rings. The van der Waals surface area contributed by atoms with Crippen LogP contribution in [0.5, 0.6) is 5.75 Å². The number of halogens is 1. The maximum atomic E-state index is 14.3. The number of rotatable bonds is 6. The number of anilines is 1. The van der Waals surface area contributed by atoms with Crippen molar-refractivity contribution in [2.45, 2.75) is 26.4 Å². The Labute approximate surface area is 250 Å².